The highest BCUT2D eigenvalue weighted by atomic mass is 79.9. The Kier molecular flexibility index (Phi) is 6.08. The minimum Gasteiger partial charge on any atom is -0.485 e. The van der Waals surface area contributed by atoms with Gasteiger partial charge in [-0.25, -0.2) is 0 Å². The van der Waals surface area contributed by atoms with Crippen LogP contribution in [0.4, 0.5) is 0 Å². The van der Waals surface area contributed by atoms with Crippen molar-refractivity contribution in [3.8, 4) is 11.5 Å². The van der Waals surface area contributed by atoms with Crippen LogP contribution in [0.3, 0.4) is 0 Å². The third kappa shape index (κ3) is 4.20. The summed E-state index contributed by atoms with van der Waals surface area (Å²) in [6.07, 6.45) is 0. The van der Waals surface area contributed by atoms with Gasteiger partial charge in [-0.1, -0.05) is 91.0 Å². The molecule has 0 aromatic heterocycles. The summed E-state index contributed by atoms with van der Waals surface area (Å²) in [7, 11) is 0. The summed E-state index contributed by atoms with van der Waals surface area (Å²) >= 11 is 3.88. The predicted molar refractivity (Wildman–Crippen MR) is 153 cm³/mol. The van der Waals surface area contributed by atoms with Gasteiger partial charge < -0.3 is 9.47 Å². The molecule has 176 valence electrons. The van der Waals surface area contributed by atoms with E-state index < -0.39 is 0 Å². The SMILES string of the molecule is Cc1c2ccccc2cc2c1ccc1c(OCc3ccccc3)c(OCc3ccccc3)cc(Br)c12. The maximum absolute atomic E-state index is 6.50. The van der Waals surface area contributed by atoms with Gasteiger partial charge in [-0.15, -0.1) is 0 Å². The quantitative estimate of drug-likeness (QED) is 0.157. The average molecular weight is 533 g/mol. The Morgan fingerprint density at radius 1 is 0.583 bits per heavy atom. The van der Waals surface area contributed by atoms with E-state index in [4.69, 9.17) is 9.47 Å². The molecule has 3 heteroatoms. The van der Waals surface area contributed by atoms with E-state index in [1.165, 1.54) is 27.1 Å². The molecule has 0 aliphatic heterocycles. The molecule has 0 saturated heterocycles. The molecular weight excluding hydrogens is 508 g/mol. The third-order valence-corrected chi connectivity index (χ3v) is 7.37. The smallest absolute Gasteiger partial charge is 0.169 e. The van der Waals surface area contributed by atoms with Crippen LogP contribution in [-0.4, -0.2) is 0 Å². The molecule has 0 aliphatic carbocycles. The number of rotatable bonds is 6. The summed E-state index contributed by atoms with van der Waals surface area (Å²) < 4.78 is 13.8. The Morgan fingerprint density at radius 2 is 1.19 bits per heavy atom. The highest BCUT2D eigenvalue weighted by Gasteiger charge is 2.18. The van der Waals surface area contributed by atoms with Crippen molar-refractivity contribution in [2.75, 3.05) is 0 Å². The summed E-state index contributed by atoms with van der Waals surface area (Å²) in [6.45, 7) is 3.14. The molecule has 0 bridgehead atoms. The van der Waals surface area contributed by atoms with Crippen molar-refractivity contribution >= 4 is 48.2 Å². The fourth-order valence-corrected chi connectivity index (χ4v) is 5.55. The predicted octanol–water partition coefficient (Wildman–Crippen LogP) is 9.38. The standard InChI is InChI=1S/C33H25BrO2/c1-22-26-15-9-8-14-25(26)18-29-27(22)16-17-28-32(29)30(34)19-31(35-20-23-10-4-2-5-11-23)33(28)36-21-24-12-6-3-7-13-24/h2-19H,20-21H2,1H3. The van der Waals surface area contributed by atoms with Gasteiger partial charge in [0.05, 0.1) is 0 Å². The average Bonchev–Trinajstić information content (AvgIpc) is 2.92. The highest BCUT2D eigenvalue weighted by Crippen LogP contribution is 2.45. The molecule has 6 rings (SSSR count). The molecule has 0 radical (unpaired) electrons. The van der Waals surface area contributed by atoms with Gasteiger partial charge in [0, 0.05) is 15.2 Å². The van der Waals surface area contributed by atoms with Crippen LogP contribution in [-0.2, 0) is 13.2 Å². The van der Waals surface area contributed by atoms with Crippen molar-refractivity contribution < 1.29 is 9.47 Å². The van der Waals surface area contributed by atoms with E-state index in [1.54, 1.807) is 0 Å². The van der Waals surface area contributed by atoms with Crippen LogP contribution in [0, 0.1) is 6.92 Å². The van der Waals surface area contributed by atoms with Gasteiger partial charge in [0.25, 0.3) is 0 Å². The lowest BCUT2D eigenvalue weighted by atomic mass is 9.93. The van der Waals surface area contributed by atoms with Gasteiger partial charge >= 0.3 is 0 Å². The Bertz CT molecular complexity index is 1690. The summed E-state index contributed by atoms with van der Waals surface area (Å²) in [6, 6.07) is 37.7. The van der Waals surface area contributed by atoms with Crippen LogP contribution in [0.1, 0.15) is 16.7 Å². The number of halogens is 1. The number of hydrogen-bond donors (Lipinski definition) is 0. The second-order valence-corrected chi connectivity index (χ2v) is 9.89. The second kappa shape index (κ2) is 9.67. The molecule has 0 aliphatic rings. The minimum atomic E-state index is 0.466. The van der Waals surface area contributed by atoms with Gasteiger partial charge in [0.15, 0.2) is 11.5 Å². The maximum Gasteiger partial charge on any atom is 0.169 e. The molecule has 0 amide bonds. The van der Waals surface area contributed by atoms with E-state index in [9.17, 15) is 0 Å². The van der Waals surface area contributed by atoms with E-state index in [1.807, 2.05) is 36.4 Å². The Morgan fingerprint density at radius 3 is 1.92 bits per heavy atom. The van der Waals surface area contributed by atoms with Crippen LogP contribution in [0.5, 0.6) is 11.5 Å². The van der Waals surface area contributed by atoms with E-state index in [0.29, 0.717) is 13.2 Å². The van der Waals surface area contributed by atoms with Crippen LogP contribution >= 0.6 is 15.9 Å². The normalized spacial score (nSPS) is 11.3. The third-order valence-electron chi connectivity index (χ3n) is 6.74. The van der Waals surface area contributed by atoms with Crippen LogP contribution in [0.25, 0.3) is 32.3 Å². The van der Waals surface area contributed by atoms with Crippen molar-refractivity contribution in [3.05, 3.63) is 130 Å². The number of ether oxygens (including phenoxy) is 2. The molecule has 6 aromatic rings. The molecule has 0 atom stereocenters. The minimum absolute atomic E-state index is 0.466. The van der Waals surface area contributed by atoms with Crippen molar-refractivity contribution in [2.45, 2.75) is 20.1 Å². The lowest BCUT2D eigenvalue weighted by molar-refractivity contribution is 0.258. The van der Waals surface area contributed by atoms with E-state index in [2.05, 4.69) is 95.7 Å². The molecule has 0 saturated carbocycles. The molecule has 0 unspecified atom stereocenters. The van der Waals surface area contributed by atoms with Gasteiger partial charge in [-0.3, -0.25) is 0 Å². The number of hydrogen-bond acceptors (Lipinski definition) is 2. The lowest BCUT2D eigenvalue weighted by Crippen LogP contribution is -2.02. The zero-order valence-corrected chi connectivity index (χ0v) is 21.6. The van der Waals surface area contributed by atoms with E-state index >= 15 is 0 Å². The summed E-state index contributed by atoms with van der Waals surface area (Å²) in [5, 5.41) is 7.13. The number of fused-ring (bicyclic) bond motifs is 4. The monoisotopic (exact) mass is 532 g/mol. The Labute approximate surface area is 219 Å². The molecule has 0 spiro atoms. The zero-order chi connectivity index (χ0) is 24.5. The molecular formula is C33H25BrO2. The van der Waals surface area contributed by atoms with Crippen molar-refractivity contribution in [2.24, 2.45) is 0 Å². The van der Waals surface area contributed by atoms with E-state index in [-0.39, 0.29) is 0 Å². The van der Waals surface area contributed by atoms with Crippen LogP contribution in [0.15, 0.2) is 114 Å². The number of benzene rings is 6. The van der Waals surface area contributed by atoms with Crippen molar-refractivity contribution in [1.29, 1.82) is 0 Å². The lowest BCUT2D eigenvalue weighted by Gasteiger charge is -2.19. The maximum atomic E-state index is 6.50. The van der Waals surface area contributed by atoms with Gasteiger partial charge in [-0.05, 0) is 79.3 Å². The summed E-state index contributed by atoms with van der Waals surface area (Å²) in [5.74, 6) is 1.49. The first-order valence-electron chi connectivity index (χ1n) is 12.1. The van der Waals surface area contributed by atoms with Crippen molar-refractivity contribution in [3.63, 3.8) is 0 Å². The zero-order valence-electron chi connectivity index (χ0n) is 20.0. The molecule has 6 aromatic carbocycles. The molecule has 0 fully saturated rings. The number of aryl methyl sites for hydroxylation is 1. The van der Waals surface area contributed by atoms with Crippen LogP contribution in [0.2, 0.25) is 0 Å². The Hall–Kier alpha value is -3.82. The van der Waals surface area contributed by atoms with Gasteiger partial charge in [0.1, 0.15) is 13.2 Å². The molecule has 0 heterocycles. The van der Waals surface area contributed by atoms with Gasteiger partial charge in [0.2, 0.25) is 0 Å². The van der Waals surface area contributed by atoms with Gasteiger partial charge in [-0.2, -0.15) is 0 Å². The fourth-order valence-electron chi connectivity index (χ4n) is 4.91. The fraction of sp³-hybridized carbons (Fsp3) is 0.0909. The largest absolute Gasteiger partial charge is 0.485 e. The first kappa shape index (κ1) is 22.6. The molecule has 2 nitrogen and oxygen atoms in total. The summed E-state index contributed by atoms with van der Waals surface area (Å²) in [4.78, 5) is 0. The van der Waals surface area contributed by atoms with Crippen molar-refractivity contribution in [1.82, 2.24) is 0 Å². The highest BCUT2D eigenvalue weighted by molar-refractivity contribution is 9.10. The first-order valence-corrected chi connectivity index (χ1v) is 12.9. The Balaban J connectivity index is 1.53. The second-order valence-electron chi connectivity index (χ2n) is 9.04. The summed E-state index contributed by atoms with van der Waals surface area (Å²) in [5.41, 5.74) is 3.52. The topological polar surface area (TPSA) is 18.5 Å². The first-order chi connectivity index (χ1) is 17.7. The molecule has 36 heavy (non-hydrogen) atoms. The van der Waals surface area contributed by atoms with E-state index in [0.717, 1.165) is 37.9 Å². The van der Waals surface area contributed by atoms with Crippen LogP contribution < -0.4 is 9.47 Å². The molecule has 0 N–H and O–H groups in total.